The van der Waals surface area contributed by atoms with Crippen LogP contribution in [0.3, 0.4) is 0 Å². The van der Waals surface area contributed by atoms with E-state index >= 15 is 0 Å². The summed E-state index contributed by atoms with van der Waals surface area (Å²) in [5.41, 5.74) is 6.80. The van der Waals surface area contributed by atoms with Gasteiger partial charge in [-0.3, -0.25) is 4.79 Å². The molecule has 3 aliphatic carbocycles. The molecule has 4 rings (SSSR count). The van der Waals surface area contributed by atoms with Crippen LogP contribution in [0.5, 0.6) is 0 Å². The molecule has 1 heterocycles. The first-order valence-electron chi connectivity index (χ1n) is 6.80. The molecular formula is C13H20N2O. The Morgan fingerprint density at radius 1 is 1.25 bits per heavy atom. The second-order valence-corrected chi connectivity index (χ2v) is 6.38. The molecule has 0 aromatic rings. The highest BCUT2D eigenvalue weighted by Crippen LogP contribution is 2.67. The number of amides is 1. The summed E-state index contributed by atoms with van der Waals surface area (Å²) in [7, 11) is 0. The van der Waals surface area contributed by atoms with Gasteiger partial charge < -0.3 is 11.1 Å². The van der Waals surface area contributed by atoms with Gasteiger partial charge in [-0.1, -0.05) is 19.3 Å². The monoisotopic (exact) mass is 220 g/mol. The van der Waals surface area contributed by atoms with E-state index in [0.29, 0.717) is 35.1 Å². The lowest BCUT2D eigenvalue weighted by Gasteiger charge is -2.38. The van der Waals surface area contributed by atoms with E-state index in [0.717, 1.165) is 6.42 Å². The van der Waals surface area contributed by atoms with Crippen LogP contribution in [-0.4, -0.2) is 18.0 Å². The maximum absolute atomic E-state index is 11.9. The zero-order valence-electron chi connectivity index (χ0n) is 9.61. The Hall–Kier alpha value is -0.570. The van der Waals surface area contributed by atoms with Gasteiger partial charge in [0.1, 0.15) is 0 Å². The van der Waals surface area contributed by atoms with Gasteiger partial charge in [0.25, 0.3) is 0 Å². The Labute approximate surface area is 96.1 Å². The zero-order valence-corrected chi connectivity index (χ0v) is 9.61. The Balaban J connectivity index is 1.79. The van der Waals surface area contributed by atoms with Crippen molar-refractivity contribution >= 4 is 5.91 Å². The lowest BCUT2D eigenvalue weighted by atomic mass is 9.66. The second kappa shape index (κ2) is 2.81. The molecule has 1 amide bonds. The molecule has 0 aromatic carbocycles. The van der Waals surface area contributed by atoms with E-state index in [4.69, 9.17) is 5.73 Å². The molecule has 88 valence electrons. The molecule has 1 aliphatic heterocycles. The first-order chi connectivity index (χ1) is 7.74. The highest BCUT2D eigenvalue weighted by molar-refractivity contribution is 5.83. The van der Waals surface area contributed by atoms with E-state index in [1.165, 1.54) is 32.1 Å². The van der Waals surface area contributed by atoms with E-state index in [9.17, 15) is 4.79 Å². The smallest absolute Gasteiger partial charge is 0.223 e. The number of carbonyl (C=O) groups is 1. The Kier molecular flexibility index (Phi) is 1.66. The summed E-state index contributed by atoms with van der Waals surface area (Å²) >= 11 is 0. The Morgan fingerprint density at radius 3 is 2.75 bits per heavy atom. The highest BCUT2D eigenvalue weighted by Gasteiger charge is 2.70. The largest absolute Gasteiger partial charge is 0.351 e. The van der Waals surface area contributed by atoms with Gasteiger partial charge in [-0.2, -0.15) is 0 Å². The topological polar surface area (TPSA) is 55.1 Å². The fraction of sp³-hybridized carbons (Fsp3) is 0.923. The molecule has 0 radical (unpaired) electrons. The molecule has 3 heteroatoms. The molecular weight excluding hydrogens is 200 g/mol. The summed E-state index contributed by atoms with van der Waals surface area (Å²) < 4.78 is 0. The van der Waals surface area contributed by atoms with Gasteiger partial charge in [-0.05, 0) is 36.5 Å². The van der Waals surface area contributed by atoms with Crippen molar-refractivity contribution in [1.29, 1.82) is 0 Å². The van der Waals surface area contributed by atoms with Crippen LogP contribution in [0.2, 0.25) is 0 Å². The molecule has 4 aliphatic rings. The van der Waals surface area contributed by atoms with Crippen molar-refractivity contribution in [3.05, 3.63) is 0 Å². The summed E-state index contributed by atoms with van der Waals surface area (Å²) in [5, 5.41) is 3.16. The van der Waals surface area contributed by atoms with Crippen LogP contribution in [0, 0.1) is 23.2 Å². The predicted molar refractivity (Wildman–Crippen MR) is 60.5 cm³/mol. The molecule has 3 saturated carbocycles. The van der Waals surface area contributed by atoms with Crippen LogP contribution in [-0.2, 0) is 4.79 Å². The fourth-order valence-corrected chi connectivity index (χ4v) is 5.58. The van der Waals surface area contributed by atoms with Gasteiger partial charge >= 0.3 is 0 Å². The molecule has 3 nitrogen and oxygen atoms in total. The predicted octanol–water partition coefficient (Wildman–Crippen LogP) is 1.03. The van der Waals surface area contributed by atoms with E-state index in [2.05, 4.69) is 5.32 Å². The molecule has 1 saturated heterocycles. The molecule has 1 spiro atoms. The number of nitrogens with one attached hydrogen (secondary N) is 1. The van der Waals surface area contributed by atoms with Crippen molar-refractivity contribution in [1.82, 2.24) is 5.32 Å². The number of hydrogen-bond acceptors (Lipinski definition) is 2. The van der Waals surface area contributed by atoms with Gasteiger partial charge in [0, 0.05) is 18.0 Å². The Bertz CT molecular complexity index is 348. The van der Waals surface area contributed by atoms with E-state index in [1.807, 2.05) is 0 Å². The van der Waals surface area contributed by atoms with Crippen molar-refractivity contribution in [3.63, 3.8) is 0 Å². The van der Waals surface area contributed by atoms with Crippen LogP contribution in [0.25, 0.3) is 0 Å². The van der Waals surface area contributed by atoms with Crippen LogP contribution >= 0.6 is 0 Å². The van der Waals surface area contributed by atoms with Crippen molar-refractivity contribution in [2.24, 2.45) is 28.9 Å². The van der Waals surface area contributed by atoms with Gasteiger partial charge in [-0.25, -0.2) is 0 Å². The lowest BCUT2D eigenvalue weighted by molar-refractivity contribution is -0.122. The molecule has 0 aromatic heterocycles. The molecule has 2 bridgehead atoms. The zero-order chi connectivity index (χ0) is 10.9. The summed E-state index contributed by atoms with van der Waals surface area (Å²) in [4.78, 5) is 11.9. The minimum atomic E-state index is 0.241. The maximum atomic E-state index is 11.9. The summed E-state index contributed by atoms with van der Waals surface area (Å²) in [6, 6.07) is 0.556. The number of rotatable bonds is 0. The minimum Gasteiger partial charge on any atom is -0.351 e. The normalized spacial score (nSPS) is 52.3. The third kappa shape index (κ3) is 0.849. The van der Waals surface area contributed by atoms with Crippen LogP contribution in [0.4, 0.5) is 0 Å². The van der Waals surface area contributed by atoms with Crippen molar-refractivity contribution in [2.75, 3.05) is 0 Å². The first-order valence-corrected chi connectivity index (χ1v) is 6.80. The van der Waals surface area contributed by atoms with E-state index in [-0.39, 0.29) is 6.04 Å². The number of hydrogen-bond donors (Lipinski definition) is 2. The summed E-state index contributed by atoms with van der Waals surface area (Å²) in [6.07, 6.45) is 7.83. The van der Waals surface area contributed by atoms with Crippen LogP contribution < -0.4 is 11.1 Å². The third-order valence-electron chi connectivity index (χ3n) is 6.04. The average Bonchev–Trinajstić information content (AvgIpc) is 2.81. The maximum Gasteiger partial charge on any atom is 0.223 e. The fourth-order valence-electron chi connectivity index (χ4n) is 5.58. The number of carbonyl (C=O) groups excluding carboxylic acids is 1. The minimum absolute atomic E-state index is 0.241. The van der Waals surface area contributed by atoms with Gasteiger partial charge in [0.05, 0.1) is 0 Å². The van der Waals surface area contributed by atoms with E-state index < -0.39 is 0 Å². The van der Waals surface area contributed by atoms with Crippen molar-refractivity contribution in [3.8, 4) is 0 Å². The summed E-state index contributed by atoms with van der Waals surface area (Å²) in [5.74, 6) is 1.83. The lowest BCUT2D eigenvalue weighted by Crippen LogP contribution is -2.44. The molecule has 16 heavy (non-hydrogen) atoms. The first kappa shape index (κ1) is 9.46. The number of nitrogens with two attached hydrogens (primary N) is 1. The van der Waals surface area contributed by atoms with Crippen molar-refractivity contribution < 1.29 is 4.79 Å². The molecule has 5 atom stereocenters. The summed E-state index contributed by atoms with van der Waals surface area (Å²) in [6.45, 7) is 0. The van der Waals surface area contributed by atoms with Crippen molar-refractivity contribution in [2.45, 2.75) is 50.6 Å². The average molecular weight is 220 g/mol. The van der Waals surface area contributed by atoms with Crippen LogP contribution in [0.1, 0.15) is 38.5 Å². The molecule has 0 unspecified atom stereocenters. The quantitative estimate of drug-likeness (QED) is 0.640. The SMILES string of the molecule is N[C@@H]1[C@@H]2NC(=O)[C@H]3C[C@H]1C1(CCCCC1)[C@@H]23. The van der Waals surface area contributed by atoms with E-state index in [1.54, 1.807) is 0 Å². The van der Waals surface area contributed by atoms with Gasteiger partial charge in [-0.15, -0.1) is 0 Å². The molecule has 3 N–H and O–H groups in total. The van der Waals surface area contributed by atoms with Gasteiger partial charge in [0.2, 0.25) is 5.91 Å². The van der Waals surface area contributed by atoms with Crippen LogP contribution in [0.15, 0.2) is 0 Å². The third-order valence-corrected chi connectivity index (χ3v) is 6.04. The molecule has 4 fully saturated rings. The standard InChI is InChI=1S/C13H20N2O/c14-10-8-6-7-9(11(10)15-12(7)16)13(8)4-2-1-3-5-13/h7-11H,1-6,14H2,(H,15,16)/t7-,8+,9+,10-,11+/m0/s1. The highest BCUT2D eigenvalue weighted by atomic mass is 16.2. The Morgan fingerprint density at radius 2 is 2.00 bits per heavy atom. The van der Waals surface area contributed by atoms with Gasteiger partial charge in [0.15, 0.2) is 0 Å². The second-order valence-electron chi connectivity index (χ2n) is 6.38.